The fraction of sp³-hybridized carbons (Fsp3) is 0.318. The number of methoxy groups -OCH3 is 1. The molecule has 0 aromatic heterocycles. The Balaban J connectivity index is 1.67. The van der Waals surface area contributed by atoms with Crippen LogP contribution in [0, 0.1) is 11.6 Å². The molecule has 8 nitrogen and oxygen atoms in total. The molecular formula is C22H23F2N3O5. The molecule has 3 rings (SSSR count). The average molecular weight is 447 g/mol. The van der Waals surface area contributed by atoms with Gasteiger partial charge in [0.2, 0.25) is 5.91 Å². The third-order valence-corrected chi connectivity index (χ3v) is 5.39. The zero-order chi connectivity index (χ0) is 23.7. The predicted octanol–water partition coefficient (Wildman–Crippen LogP) is 1.76. The number of hydrogen-bond donors (Lipinski definition) is 3. The summed E-state index contributed by atoms with van der Waals surface area (Å²) in [5.41, 5.74) is -2.91. The molecule has 1 aliphatic heterocycles. The van der Waals surface area contributed by atoms with Crippen molar-refractivity contribution < 1.29 is 33.0 Å². The fourth-order valence-electron chi connectivity index (χ4n) is 3.45. The second-order valence-corrected chi connectivity index (χ2v) is 7.85. The van der Waals surface area contributed by atoms with E-state index >= 15 is 0 Å². The van der Waals surface area contributed by atoms with Gasteiger partial charge >= 0.3 is 6.03 Å². The number of ether oxygens (including phenoxy) is 1. The highest BCUT2D eigenvalue weighted by atomic mass is 19.1. The van der Waals surface area contributed by atoms with E-state index in [4.69, 9.17) is 4.74 Å². The van der Waals surface area contributed by atoms with Crippen molar-refractivity contribution in [1.29, 1.82) is 0 Å². The highest BCUT2D eigenvalue weighted by molar-refractivity contribution is 6.09. The Morgan fingerprint density at radius 3 is 2.47 bits per heavy atom. The number of hydrogen-bond acceptors (Lipinski definition) is 5. The molecular weight excluding hydrogens is 424 g/mol. The highest BCUT2D eigenvalue weighted by Gasteiger charge is 2.49. The largest absolute Gasteiger partial charge is 0.497 e. The Morgan fingerprint density at radius 1 is 1.22 bits per heavy atom. The predicted molar refractivity (Wildman–Crippen MR) is 110 cm³/mol. The summed E-state index contributed by atoms with van der Waals surface area (Å²) >= 11 is 0. The van der Waals surface area contributed by atoms with E-state index in [1.165, 1.54) is 21.0 Å². The minimum Gasteiger partial charge on any atom is -0.497 e. The van der Waals surface area contributed by atoms with Crippen LogP contribution in [0.4, 0.5) is 13.6 Å². The van der Waals surface area contributed by atoms with E-state index in [1.54, 1.807) is 24.3 Å². The van der Waals surface area contributed by atoms with Crippen molar-refractivity contribution in [3.63, 3.8) is 0 Å². The molecule has 0 spiro atoms. The van der Waals surface area contributed by atoms with Gasteiger partial charge in [0.1, 0.15) is 35.1 Å². The number of carbonyl (C=O) groups excluding carboxylic acids is 3. The van der Waals surface area contributed by atoms with E-state index in [-0.39, 0.29) is 5.56 Å². The van der Waals surface area contributed by atoms with Crippen LogP contribution in [0.3, 0.4) is 0 Å². The van der Waals surface area contributed by atoms with E-state index in [0.29, 0.717) is 17.4 Å². The lowest BCUT2D eigenvalue weighted by atomic mass is 9.92. The van der Waals surface area contributed by atoms with Crippen LogP contribution in [0.1, 0.15) is 25.0 Å². The average Bonchev–Trinajstić information content (AvgIpc) is 2.96. The summed E-state index contributed by atoms with van der Waals surface area (Å²) in [4.78, 5) is 38.4. The normalized spacial score (nSPS) is 20.0. The molecule has 32 heavy (non-hydrogen) atoms. The summed E-state index contributed by atoms with van der Waals surface area (Å²) in [6.45, 7) is 1.75. The molecule has 2 aromatic carbocycles. The zero-order valence-corrected chi connectivity index (χ0v) is 17.7. The van der Waals surface area contributed by atoms with Crippen LogP contribution in [0.5, 0.6) is 5.75 Å². The van der Waals surface area contributed by atoms with Crippen molar-refractivity contribution in [2.75, 3.05) is 20.2 Å². The molecule has 2 aromatic rings. The second-order valence-electron chi connectivity index (χ2n) is 7.85. The molecule has 0 bridgehead atoms. The maximum absolute atomic E-state index is 14.0. The van der Waals surface area contributed by atoms with Crippen molar-refractivity contribution in [2.24, 2.45) is 0 Å². The van der Waals surface area contributed by atoms with Crippen LogP contribution in [0.25, 0.3) is 0 Å². The van der Waals surface area contributed by atoms with E-state index in [0.717, 1.165) is 17.0 Å². The van der Waals surface area contributed by atoms with Gasteiger partial charge in [-0.3, -0.25) is 14.5 Å². The lowest BCUT2D eigenvalue weighted by Crippen LogP contribution is -2.46. The number of amides is 4. The van der Waals surface area contributed by atoms with Gasteiger partial charge in [-0.2, -0.15) is 0 Å². The number of halogens is 2. The highest BCUT2D eigenvalue weighted by Crippen LogP contribution is 2.30. The van der Waals surface area contributed by atoms with Crippen LogP contribution >= 0.6 is 0 Å². The number of nitrogens with one attached hydrogen (secondary N) is 2. The third kappa shape index (κ3) is 4.40. The van der Waals surface area contributed by atoms with Gasteiger partial charge in [-0.25, -0.2) is 13.6 Å². The van der Waals surface area contributed by atoms with Gasteiger partial charge in [-0.05, 0) is 37.6 Å². The second kappa shape index (κ2) is 8.54. The Morgan fingerprint density at radius 2 is 1.88 bits per heavy atom. The van der Waals surface area contributed by atoms with Crippen molar-refractivity contribution in [1.82, 2.24) is 15.5 Å². The van der Waals surface area contributed by atoms with Crippen LogP contribution in [0.15, 0.2) is 42.5 Å². The molecule has 170 valence electrons. The minimum atomic E-state index is -1.84. The molecule has 4 amide bonds. The standard InChI is InChI=1S/C22H23F2N3O5/c1-21(31,16-9-6-14(23)10-17(16)24)12-25-18(28)11-27-19(29)22(2,26-20(27)30)13-4-7-15(32-3)8-5-13/h4-10,31H,11-12H2,1-3H3,(H,25,28)(H,26,30). The number of urea groups is 1. The van der Waals surface area contributed by atoms with Crippen molar-refractivity contribution >= 4 is 17.8 Å². The van der Waals surface area contributed by atoms with Gasteiger partial charge in [0.25, 0.3) is 5.91 Å². The molecule has 10 heteroatoms. The van der Waals surface area contributed by atoms with Crippen LogP contribution in [0.2, 0.25) is 0 Å². The fourth-order valence-corrected chi connectivity index (χ4v) is 3.45. The Labute approximate surface area is 183 Å². The minimum absolute atomic E-state index is 0.207. The first-order valence-corrected chi connectivity index (χ1v) is 9.71. The number of aliphatic hydroxyl groups is 1. The van der Waals surface area contributed by atoms with E-state index in [9.17, 15) is 28.3 Å². The van der Waals surface area contributed by atoms with Gasteiger partial charge in [0, 0.05) is 11.6 Å². The Bertz CT molecular complexity index is 1060. The number of rotatable bonds is 7. The lowest BCUT2D eigenvalue weighted by Gasteiger charge is -2.25. The number of carbonyl (C=O) groups is 3. The molecule has 1 fully saturated rings. The first kappa shape index (κ1) is 23.1. The van der Waals surface area contributed by atoms with Crippen molar-refractivity contribution in [3.05, 3.63) is 65.2 Å². The zero-order valence-electron chi connectivity index (χ0n) is 17.7. The Hall–Kier alpha value is -3.53. The smallest absolute Gasteiger partial charge is 0.325 e. The molecule has 2 atom stereocenters. The van der Waals surface area contributed by atoms with Gasteiger partial charge in [0.05, 0.1) is 13.7 Å². The lowest BCUT2D eigenvalue weighted by molar-refractivity contribution is -0.135. The topological polar surface area (TPSA) is 108 Å². The number of benzene rings is 2. The summed E-state index contributed by atoms with van der Waals surface area (Å²) in [5, 5.41) is 15.5. The van der Waals surface area contributed by atoms with Gasteiger partial charge < -0.3 is 20.5 Å². The summed E-state index contributed by atoms with van der Waals surface area (Å²) in [6, 6.07) is 8.50. The number of nitrogens with zero attached hydrogens (tertiary/aromatic N) is 1. The molecule has 1 aliphatic rings. The molecule has 0 radical (unpaired) electrons. The molecule has 0 saturated carbocycles. The monoisotopic (exact) mass is 447 g/mol. The Kier molecular flexibility index (Phi) is 6.18. The summed E-state index contributed by atoms with van der Waals surface area (Å²) in [5.74, 6) is -2.55. The van der Waals surface area contributed by atoms with Gasteiger partial charge in [-0.15, -0.1) is 0 Å². The van der Waals surface area contributed by atoms with Gasteiger partial charge in [-0.1, -0.05) is 18.2 Å². The van der Waals surface area contributed by atoms with Crippen LogP contribution in [-0.4, -0.2) is 48.1 Å². The maximum atomic E-state index is 14.0. The summed E-state index contributed by atoms with van der Waals surface area (Å²) in [7, 11) is 1.50. The molecule has 0 aliphatic carbocycles. The van der Waals surface area contributed by atoms with Crippen molar-refractivity contribution in [3.8, 4) is 5.75 Å². The van der Waals surface area contributed by atoms with E-state index in [1.807, 2.05) is 0 Å². The first-order chi connectivity index (χ1) is 15.0. The van der Waals surface area contributed by atoms with Crippen LogP contribution < -0.4 is 15.4 Å². The van der Waals surface area contributed by atoms with Gasteiger partial charge in [0.15, 0.2) is 0 Å². The maximum Gasteiger partial charge on any atom is 0.325 e. The third-order valence-electron chi connectivity index (χ3n) is 5.39. The summed E-state index contributed by atoms with van der Waals surface area (Å²) < 4.78 is 32.2. The SMILES string of the molecule is COc1ccc(C2(C)NC(=O)N(CC(=O)NCC(C)(O)c3ccc(F)cc3F)C2=O)cc1. The molecule has 2 unspecified atom stereocenters. The first-order valence-electron chi connectivity index (χ1n) is 9.71. The quantitative estimate of drug-likeness (QED) is 0.561. The van der Waals surface area contributed by atoms with E-state index < -0.39 is 53.7 Å². The van der Waals surface area contributed by atoms with Crippen LogP contribution in [-0.2, 0) is 20.7 Å². The summed E-state index contributed by atoms with van der Waals surface area (Å²) in [6.07, 6.45) is 0. The van der Waals surface area contributed by atoms with Crippen molar-refractivity contribution in [2.45, 2.75) is 25.0 Å². The molecule has 3 N–H and O–H groups in total. The van der Waals surface area contributed by atoms with E-state index in [2.05, 4.69) is 10.6 Å². The molecule has 1 heterocycles. The molecule has 1 saturated heterocycles. The number of imide groups is 1.